The van der Waals surface area contributed by atoms with Crippen molar-refractivity contribution in [1.29, 1.82) is 0 Å². The van der Waals surface area contributed by atoms with Crippen LogP contribution < -0.4 is 0 Å². The summed E-state index contributed by atoms with van der Waals surface area (Å²) < 4.78 is 1.11. The highest BCUT2D eigenvalue weighted by atomic mass is 79.9. The summed E-state index contributed by atoms with van der Waals surface area (Å²) in [5.41, 5.74) is 8.18. The maximum atomic E-state index is 5.13. The van der Waals surface area contributed by atoms with Gasteiger partial charge in [-0.25, -0.2) is 4.98 Å². The molecule has 3 heterocycles. The Kier molecular flexibility index (Phi) is 4.76. The van der Waals surface area contributed by atoms with E-state index in [0.29, 0.717) is 0 Å². The first-order chi connectivity index (χ1) is 18.7. The fourth-order valence-electron chi connectivity index (χ4n) is 5.91. The Labute approximate surface area is 226 Å². The highest BCUT2D eigenvalue weighted by Gasteiger charge is 2.16. The van der Waals surface area contributed by atoms with E-state index in [1.54, 1.807) is 0 Å². The number of aryl methyl sites for hydroxylation is 2. The fraction of sp³-hybridized carbons (Fsp3) is 0.0606. The molecule has 0 aliphatic heterocycles. The van der Waals surface area contributed by atoms with Gasteiger partial charge >= 0.3 is 0 Å². The van der Waals surface area contributed by atoms with Crippen molar-refractivity contribution in [3.8, 4) is 11.4 Å². The Hall–Kier alpha value is -4.35. The number of H-pyrrole nitrogens is 3. The molecule has 8 aromatic rings. The lowest BCUT2D eigenvalue weighted by molar-refractivity contribution is 0.970. The number of fused-ring (bicyclic) bond motifs is 8. The normalized spacial score (nSPS) is 12.0. The van der Waals surface area contributed by atoms with Crippen molar-refractivity contribution in [3.05, 3.63) is 113 Å². The van der Waals surface area contributed by atoms with Crippen LogP contribution in [0.1, 0.15) is 11.1 Å². The lowest BCUT2D eigenvalue weighted by Crippen LogP contribution is -1.91. The van der Waals surface area contributed by atoms with Crippen LogP contribution in [0.5, 0.6) is 0 Å². The summed E-state index contributed by atoms with van der Waals surface area (Å²) in [5.74, 6) is 0.893. The topological polar surface area (TPSA) is 60.3 Å². The highest BCUT2D eigenvalue weighted by Crippen LogP contribution is 2.37. The minimum absolute atomic E-state index is 0.893. The third-order valence-corrected chi connectivity index (χ3v) is 8.28. The second kappa shape index (κ2) is 8.33. The van der Waals surface area contributed by atoms with E-state index in [1.165, 1.54) is 49.0 Å². The van der Waals surface area contributed by atoms with E-state index in [2.05, 4.69) is 122 Å². The number of aromatic nitrogens is 4. The molecule has 0 unspecified atom stereocenters. The molecular formula is C33H23BrN4. The summed E-state index contributed by atoms with van der Waals surface area (Å²) in [6.07, 6.45) is 6.16. The first-order valence-electron chi connectivity index (χ1n) is 12.9. The lowest BCUT2D eigenvalue weighted by Gasteiger charge is -2.09. The first kappa shape index (κ1) is 21.7. The number of halogens is 1. The molecule has 38 heavy (non-hydrogen) atoms. The summed E-state index contributed by atoms with van der Waals surface area (Å²) in [7, 11) is 0. The molecule has 5 aromatic carbocycles. The van der Waals surface area contributed by atoms with Crippen LogP contribution in [-0.2, 0) is 12.8 Å². The van der Waals surface area contributed by atoms with Gasteiger partial charge in [-0.3, -0.25) is 0 Å². The van der Waals surface area contributed by atoms with Crippen molar-refractivity contribution in [2.45, 2.75) is 12.8 Å². The number of para-hydroxylation sites is 1. The summed E-state index contributed by atoms with van der Waals surface area (Å²) in [6, 6.07) is 30.3. The van der Waals surface area contributed by atoms with Crippen molar-refractivity contribution in [2.75, 3.05) is 0 Å². The molecule has 3 aromatic heterocycles. The van der Waals surface area contributed by atoms with Crippen molar-refractivity contribution >= 4 is 70.3 Å². The molecule has 0 fully saturated rings. The molecule has 5 heteroatoms. The number of nitrogens with one attached hydrogen (secondary N) is 3. The second-order valence-corrected chi connectivity index (χ2v) is 10.9. The van der Waals surface area contributed by atoms with Crippen LogP contribution in [-0.4, -0.2) is 19.9 Å². The summed E-state index contributed by atoms with van der Waals surface area (Å²) in [5, 5.41) is 7.35. The molecule has 0 saturated carbocycles. The highest BCUT2D eigenvalue weighted by molar-refractivity contribution is 9.10. The zero-order valence-electron chi connectivity index (χ0n) is 20.5. The number of nitrogens with zero attached hydrogens (tertiary/aromatic N) is 1. The summed E-state index contributed by atoms with van der Waals surface area (Å²) in [4.78, 5) is 15.6. The zero-order valence-corrected chi connectivity index (χ0v) is 22.1. The Balaban J connectivity index is 1.26. The van der Waals surface area contributed by atoms with E-state index in [-0.39, 0.29) is 0 Å². The van der Waals surface area contributed by atoms with Crippen molar-refractivity contribution in [1.82, 2.24) is 19.9 Å². The van der Waals surface area contributed by atoms with Gasteiger partial charge in [-0.1, -0.05) is 76.6 Å². The van der Waals surface area contributed by atoms with Gasteiger partial charge in [-0.15, -0.1) is 0 Å². The molecule has 0 aliphatic rings. The number of rotatable bonds is 4. The standard InChI is InChI=1S/C33H23BrN4/c34-21-12-14-30-26(16-21)20(17-35-30)11-9-19-10-13-25-27(15-19)22-5-1-2-7-24(22)31-32(25)38-33(37-31)28-18-36-29-8-4-3-6-23(28)29/h1-8,10,12-18,35-36H,9,11H2,(H,37,38). The Morgan fingerprint density at radius 2 is 1.42 bits per heavy atom. The van der Waals surface area contributed by atoms with Gasteiger partial charge in [0.05, 0.1) is 11.0 Å². The van der Waals surface area contributed by atoms with Gasteiger partial charge in [0.15, 0.2) is 0 Å². The Morgan fingerprint density at radius 3 is 2.34 bits per heavy atom. The van der Waals surface area contributed by atoms with Crippen LogP contribution in [0.3, 0.4) is 0 Å². The average molecular weight is 555 g/mol. The number of hydrogen-bond donors (Lipinski definition) is 3. The van der Waals surface area contributed by atoms with Gasteiger partial charge in [0, 0.05) is 55.0 Å². The van der Waals surface area contributed by atoms with Crippen LogP contribution in [0.2, 0.25) is 0 Å². The molecule has 0 radical (unpaired) electrons. The molecule has 0 amide bonds. The lowest BCUT2D eigenvalue weighted by atomic mass is 9.96. The molecular weight excluding hydrogens is 532 g/mol. The van der Waals surface area contributed by atoms with Crippen LogP contribution >= 0.6 is 15.9 Å². The molecule has 0 spiro atoms. The molecule has 0 bridgehead atoms. The van der Waals surface area contributed by atoms with Crippen LogP contribution in [0.25, 0.3) is 65.8 Å². The number of aromatic amines is 3. The first-order valence-corrected chi connectivity index (χ1v) is 13.7. The minimum atomic E-state index is 0.893. The van der Waals surface area contributed by atoms with Crippen LogP contribution in [0, 0.1) is 0 Å². The van der Waals surface area contributed by atoms with Crippen molar-refractivity contribution in [3.63, 3.8) is 0 Å². The smallest absolute Gasteiger partial charge is 0.140 e. The van der Waals surface area contributed by atoms with Crippen LogP contribution in [0.4, 0.5) is 0 Å². The van der Waals surface area contributed by atoms with Gasteiger partial charge in [0.25, 0.3) is 0 Å². The van der Waals surface area contributed by atoms with Crippen LogP contribution in [0.15, 0.2) is 102 Å². The monoisotopic (exact) mass is 554 g/mol. The fourth-order valence-corrected chi connectivity index (χ4v) is 6.27. The zero-order chi connectivity index (χ0) is 25.2. The van der Waals surface area contributed by atoms with E-state index in [9.17, 15) is 0 Å². The van der Waals surface area contributed by atoms with Gasteiger partial charge in [-0.05, 0) is 59.0 Å². The third kappa shape index (κ3) is 3.32. The van der Waals surface area contributed by atoms with Gasteiger partial charge < -0.3 is 15.0 Å². The molecule has 0 aliphatic carbocycles. The molecule has 182 valence electrons. The quantitative estimate of drug-likeness (QED) is 0.187. The second-order valence-electron chi connectivity index (χ2n) is 9.99. The number of hydrogen-bond acceptors (Lipinski definition) is 1. The Morgan fingerprint density at radius 1 is 0.632 bits per heavy atom. The van der Waals surface area contributed by atoms with Gasteiger partial charge in [0.2, 0.25) is 0 Å². The third-order valence-electron chi connectivity index (χ3n) is 7.79. The maximum Gasteiger partial charge on any atom is 0.140 e. The molecule has 0 saturated heterocycles. The Bertz CT molecular complexity index is 2160. The van der Waals surface area contributed by atoms with E-state index < -0.39 is 0 Å². The van der Waals surface area contributed by atoms with E-state index in [0.717, 1.165) is 45.3 Å². The van der Waals surface area contributed by atoms with Crippen molar-refractivity contribution in [2.24, 2.45) is 0 Å². The van der Waals surface area contributed by atoms with E-state index >= 15 is 0 Å². The average Bonchev–Trinajstić information content (AvgIpc) is 3.68. The number of imidazole rings is 1. The molecule has 4 nitrogen and oxygen atoms in total. The minimum Gasteiger partial charge on any atom is -0.361 e. The van der Waals surface area contributed by atoms with Crippen molar-refractivity contribution < 1.29 is 0 Å². The van der Waals surface area contributed by atoms with E-state index in [1.807, 2.05) is 6.20 Å². The summed E-state index contributed by atoms with van der Waals surface area (Å²) in [6.45, 7) is 0. The maximum absolute atomic E-state index is 5.13. The summed E-state index contributed by atoms with van der Waals surface area (Å²) >= 11 is 3.62. The largest absolute Gasteiger partial charge is 0.361 e. The van der Waals surface area contributed by atoms with Gasteiger partial charge in [0.1, 0.15) is 5.82 Å². The number of benzene rings is 5. The SMILES string of the molecule is Brc1ccc2[nH]cc(CCc3ccc4c(c3)c3ccccc3c3nc(-c5c[nH]c6ccccc56)[nH]c43)c2c1. The van der Waals surface area contributed by atoms with E-state index in [4.69, 9.17) is 4.98 Å². The predicted octanol–water partition coefficient (Wildman–Crippen LogP) is 9.05. The molecule has 8 rings (SSSR count). The predicted molar refractivity (Wildman–Crippen MR) is 162 cm³/mol. The molecule has 0 atom stereocenters. The van der Waals surface area contributed by atoms with Gasteiger partial charge in [-0.2, -0.15) is 0 Å². The molecule has 3 N–H and O–H groups in total.